The number of esters is 1. The molecule has 0 spiro atoms. The number of nitrogens with one attached hydrogen (secondary N) is 1. The Labute approximate surface area is 110 Å². The zero-order chi connectivity index (χ0) is 12.4. The third kappa shape index (κ3) is 2.56. The van der Waals surface area contributed by atoms with Crippen LogP contribution in [0.25, 0.3) is 0 Å². The first-order valence-electron chi connectivity index (χ1n) is 7.74. The first-order valence-corrected chi connectivity index (χ1v) is 7.74. The Hall–Kier alpha value is -0.570. The van der Waals surface area contributed by atoms with E-state index >= 15 is 0 Å². The number of hydrogen-bond acceptors (Lipinski definition) is 3. The van der Waals surface area contributed by atoms with E-state index in [0.717, 1.165) is 12.5 Å². The van der Waals surface area contributed by atoms with Crippen LogP contribution in [-0.2, 0) is 9.53 Å². The van der Waals surface area contributed by atoms with Gasteiger partial charge >= 0.3 is 5.97 Å². The van der Waals surface area contributed by atoms with Crippen LogP contribution in [0.4, 0.5) is 0 Å². The Morgan fingerprint density at radius 3 is 2.72 bits per heavy atom. The van der Waals surface area contributed by atoms with E-state index in [1.54, 1.807) is 0 Å². The van der Waals surface area contributed by atoms with E-state index in [9.17, 15) is 4.79 Å². The monoisotopic (exact) mass is 251 g/mol. The molecule has 1 heterocycles. The van der Waals surface area contributed by atoms with Gasteiger partial charge in [0.15, 0.2) is 0 Å². The summed E-state index contributed by atoms with van der Waals surface area (Å²) >= 11 is 0. The second-order valence-corrected chi connectivity index (χ2v) is 6.37. The Morgan fingerprint density at radius 2 is 1.89 bits per heavy atom. The molecule has 3 aliphatic rings. The molecule has 102 valence electrons. The molecule has 0 radical (unpaired) electrons. The van der Waals surface area contributed by atoms with Crippen molar-refractivity contribution in [3.05, 3.63) is 0 Å². The summed E-state index contributed by atoms with van der Waals surface area (Å²) in [6, 6.07) is 0.00101. The third-order valence-corrected chi connectivity index (χ3v) is 5.19. The summed E-state index contributed by atoms with van der Waals surface area (Å²) in [5.74, 6) is 1.94. The summed E-state index contributed by atoms with van der Waals surface area (Å²) in [5.41, 5.74) is 0. The van der Waals surface area contributed by atoms with Crippen LogP contribution in [0.5, 0.6) is 0 Å². The van der Waals surface area contributed by atoms with Gasteiger partial charge < -0.3 is 10.1 Å². The molecule has 3 atom stereocenters. The largest absolute Gasteiger partial charge is 0.464 e. The molecule has 3 rings (SSSR count). The maximum absolute atomic E-state index is 12.1. The quantitative estimate of drug-likeness (QED) is 0.783. The molecule has 0 amide bonds. The predicted octanol–water partition coefficient (Wildman–Crippen LogP) is 2.50. The van der Waals surface area contributed by atoms with Crippen LogP contribution in [0.15, 0.2) is 0 Å². The van der Waals surface area contributed by atoms with Gasteiger partial charge in [-0.1, -0.05) is 25.7 Å². The Kier molecular flexibility index (Phi) is 3.88. The summed E-state index contributed by atoms with van der Waals surface area (Å²) in [7, 11) is 0. The summed E-state index contributed by atoms with van der Waals surface area (Å²) in [6.07, 6.45) is 10.3. The maximum Gasteiger partial charge on any atom is 0.323 e. The average Bonchev–Trinajstić information content (AvgIpc) is 2.99. The molecule has 3 fully saturated rings. The van der Waals surface area contributed by atoms with Crippen molar-refractivity contribution in [2.45, 2.75) is 57.4 Å². The highest BCUT2D eigenvalue weighted by molar-refractivity contribution is 5.76. The normalized spacial score (nSPS) is 36.6. The van der Waals surface area contributed by atoms with Crippen molar-refractivity contribution < 1.29 is 9.53 Å². The molecule has 3 heteroatoms. The second kappa shape index (κ2) is 5.60. The van der Waals surface area contributed by atoms with Gasteiger partial charge in [0.05, 0.1) is 6.61 Å². The minimum atomic E-state index is 0.00101. The first-order chi connectivity index (χ1) is 8.84. The van der Waals surface area contributed by atoms with E-state index in [2.05, 4.69) is 5.32 Å². The number of carbonyl (C=O) groups excluding carboxylic acids is 1. The molecule has 0 aromatic heterocycles. The van der Waals surface area contributed by atoms with Crippen LogP contribution < -0.4 is 5.32 Å². The molecule has 18 heavy (non-hydrogen) atoms. The summed E-state index contributed by atoms with van der Waals surface area (Å²) < 4.78 is 5.57. The molecule has 1 aliphatic heterocycles. The molecule has 1 N–H and O–H groups in total. The fourth-order valence-electron chi connectivity index (χ4n) is 4.09. The van der Waals surface area contributed by atoms with Crippen molar-refractivity contribution in [2.75, 3.05) is 13.2 Å². The summed E-state index contributed by atoms with van der Waals surface area (Å²) in [5, 5.41) is 3.37. The van der Waals surface area contributed by atoms with Crippen LogP contribution in [0.2, 0.25) is 0 Å². The average molecular weight is 251 g/mol. The Morgan fingerprint density at radius 1 is 1.06 bits per heavy atom. The molecule has 2 aliphatic carbocycles. The fourth-order valence-corrected chi connectivity index (χ4v) is 4.09. The topological polar surface area (TPSA) is 38.3 Å². The molecular formula is C15H25NO2. The Balaban J connectivity index is 1.46. The van der Waals surface area contributed by atoms with E-state index in [0.29, 0.717) is 18.4 Å². The molecule has 0 aromatic carbocycles. The highest BCUT2D eigenvalue weighted by Crippen LogP contribution is 2.38. The van der Waals surface area contributed by atoms with Crippen molar-refractivity contribution in [3.63, 3.8) is 0 Å². The minimum Gasteiger partial charge on any atom is -0.464 e. The van der Waals surface area contributed by atoms with Gasteiger partial charge in [-0.15, -0.1) is 0 Å². The molecule has 3 nitrogen and oxygen atoms in total. The lowest BCUT2D eigenvalue weighted by Gasteiger charge is -2.23. The predicted molar refractivity (Wildman–Crippen MR) is 70.2 cm³/mol. The van der Waals surface area contributed by atoms with Gasteiger partial charge in [-0.3, -0.25) is 4.79 Å². The van der Waals surface area contributed by atoms with Crippen LogP contribution in [0, 0.1) is 17.8 Å². The lowest BCUT2D eigenvalue weighted by molar-refractivity contribution is -0.148. The number of fused-ring (bicyclic) bond motifs is 1. The van der Waals surface area contributed by atoms with Gasteiger partial charge in [-0.25, -0.2) is 0 Å². The van der Waals surface area contributed by atoms with Gasteiger partial charge in [0.1, 0.15) is 6.04 Å². The molecule has 0 aromatic rings. The number of ether oxygens (including phenoxy) is 1. The van der Waals surface area contributed by atoms with Crippen molar-refractivity contribution in [3.8, 4) is 0 Å². The van der Waals surface area contributed by atoms with Crippen molar-refractivity contribution in [1.82, 2.24) is 5.32 Å². The zero-order valence-electron chi connectivity index (χ0n) is 11.2. The Bertz CT molecular complexity index is 299. The van der Waals surface area contributed by atoms with Crippen molar-refractivity contribution in [2.24, 2.45) is 17.8 Å². The molecule has 3 unspecified atom stereocenters. The smallest absolute Gasteiger partial charge is 0.323 e. The molecule has 1 saturated heterocycles. The van der Waals surface area contributed by atoms with Crippen LogP contribution in [0.3, 0.4) is 0 Å². The van der Waals surface area contributed by atoms with Crippen LogP contribution in [0.1, 0.15) is 51.4 Å². The summed E-state index contributed by atoms with van der Waals surface area (Å²) in [4.78, 5) is 12.1. The second-order valence-electron chi connectivity index (χ2n) is 6.37. The van der Waals surface area contributed by atoms with E-state index in [1.807, 2.05) is 0 Å². The van der Waals surface area contributed by atoms with Crippen LogP contribution in [-0.4, -0.2) is 25.2 Å². The van der Waals surface area contributed by atoms with Gasteiger partial charge in [-0.05, 0) is 50.0 Å². The van der Waals surface area contributed by atoms with Gasteiger partial charge in [0, 0.05) is 0 Å². The fraction of sp³-hybridized carbons (Fsp3) is 0.933. The highest BCUT2D eigenvalue weighted by Gasteiger charge is 2.43. The molecular weight excluding hydrogens is 226 g/mol. The van der Waals surface area contributed by atoms with Crippen LogP contribution >= 0.6 is 0 Å². The van der Waals surface area contributed by atoms with E-state index < -0.39 is 0 Å². The molecule has 0 bridgehead atoms. The van der Waals surface area contributed by atoms with E-state index in [4.69, 9.17) is 4.74 Å². The molecule has 2 saturated carbocycles. The lowest BCUT2D eigenvalue weighted by Crippen LogP contribution is -2.37. The summed E-state index contributed by atoms with van der Waals surface area (Å²) in [6.45, 7) is 1.68. The number of carbonyl (C=O) groups is 1. The highest BCUT2D eigenvalue weighted by atomic mass is 16.5. The van der Waals surface area contributed by atoms with Gasteiger partial charge in [-0.2, -0.15) is 0 Å². The van der Waals surface area contributed by atoms with Gasteiger partial charge in [0.2, 0.25) is 0 Å². The number of rotatable bonds is 3. The first kappa shape index (κ1) is 12.5. The van der Waals surface area contributed by atoms with E-state index in [1.165, 1.54) is 51.4 Å². The standard InChI is InChI=1S/C15H25NO2/c17-15(18-10-11-5-2-1-3-6-11)14-13-8-4-7-12(13)9-16-14/h11-14,16H,1-10H2. The minimum absolute atomic E-state index is 0.00101. The van der Waals surface area contributed by atoms with E-state index in [-0.39, 0.29) is 12.0 Å². The van der Waals surface area contributed by atoms with Crippen molar-refractivity contribution in [1.29, 1.82) is 0 Å². The SMILES string of the molecule is O=C(OCC1CCCCC1)C1NCC2CCCC21. The zero-order valence-corrected chi connectivity index (χ0v) is 11.2. The third-order valence-electron chi connectivity index (χ3n) is 5.19. The van der Waals surface area contributed by atoms with Crippen molar-refractivity contribution >= 4 is 5.97 Å². The maximum atomic E-state index is 12.1. The van der Waals surface area contributed by atoms with Gasteiger partial charge in [0.25, 0.3) is 0 Å². The lowest BCUT2D eigenvalue weighted by atomic mass is 9.90. The number of hydrogen-bond donors (Lipinski definition) is 1.